The Hall–Kier alpha value is -1.71. The van der Waals surface area contributed by atoms with Crippen LogP contribution in [0.15, 0.2) is 26.3 Å². The summed E-state index contributed by atoms with van der Waals surface area (Å²) in [6, 6.07) is 1.67. The molecule has 20 heavy (non-hydrogen) atoms. The number of rotatable bonds is 3. The molecule has 0 saturated carbocycles. The number of nitrogens with zero attached hydrogens (tertiary/aromatic N) is 1. The highest BCUT2D eigenvalue weighted by Crippen LogP contribution is 2.22. The highest BCUT2D eigenvalue weighted by Gasteiger charge is 2.12. The first kappa shape index (κ1) is 14.7. The molecule has 0 radical (unpaired) electrons. The van der Waals surface area contributed by atoms with Crippen molar-refractivity contribution in [3.8, 4) is 0 Å². The first-order chi connectivity index (χ1) is 9.42. The molecule has 0 aromatic carbocycles. The van der Waals surface area contributed by atoms with Crippen LogP contribution in [0.3, 0.4) is 0 Å². The largest absolute Gasteiger partial charge is 0.328 e. The fraction of sp³-hybridized carbons (Fsp3) is 0.182. The summed E-state index contributed by atoms with van der Waals surface area (Å²) in [6.45, 7) is 2.10. The predicted molar refractivity (Wildman–Crippen MR) is 78.8 cm³/mol. The molecule has 106 valence electrons. The Morgan fingerprint density at radius 2 is 2.25 bits per heavy atom. The fourth-order valence-electron chi connectivity index (χ4n) is 1.64. The maximum atomic E-state index is 11.7. The molecular formula is C11H11BrN4O3S. The SMILES string of the molecule is Cc1sc(C(=O)NN)cc1Cn1cc(Br)c(=O)[nH]c1=O. The average Bonchev–Trinajstić information content (AvgIpc) is 2.76. The van der Waals surface area contributed by atoms with Gasteiger partial charge < -0.3 is 0 Å². The van der Waals surface area contributed by atoms with Crippen LogP contribution in [0.5, 0.6) is 0 Å². The summed E-state index contributed by atoms with van der Waals surface area (Å²) in [4.78, 5) is 38.0. The van der Waals surface area contributed by atoms with E-state index < -0.39 is 11.2 Å². The number of amides is 1. The topological polar surface area (TPSA) is 110 Å². The second-order valence-corrected chi connectivity index (χ2v) is 6.14. The van der Waals surface area contributed by atoms with Gasteiger partial charge in [0.25, 0.3) is 11.5 Å². The third-order valence-corrected chi connectivity index (χ3v) is 4.34. The quantitative estimate of drug-likeness (QED) is 0.416. The second kappa shape index (κ2) is 5.73. The molecule has 0 bridgehead atoms. The zero-order valence-electron chi connectivity index (χ0n) is 10.4. The first-order valence-electron chi connectivity index (χ1n) is 5.52. The van der Waals surface area contributed by atoms with Crippen molar-refractivity contribution in [2.75, 3.05) is 0 Å². The Morgan fingerprint density at radius 3 is 2.90 bits per heavy atom. The van der Waals surface area contributed by atoms with Crippen LogP contribution in [-0.4, -0.2) is 15.5 Å². The summed E-state index contributed by atoms with van der Waals surface area (Å²) in [5.74, 6) is 4.71. The van der Waals surface area contributed by atoms with E-state index in [0.29, 0.717) is 4.88 Å². The molecule has 0 aliphatic carbocycles. The number of carbonyl (C=O) groups excluding carboxylic acids is 1. The molecule has 0 unspecified atom stereocenters. The summed E-state index contributed by atoms with van der Waals surface area (Å²) in [5, 5.41) is 0. The smallest absolute Gasteiger partial charge is 0.295 e. The lowest BCUT2D eigenvalue weighted by atomic mass is 10.2. The summed E-state index contributed by atoms with van der Waals surface area (Å²) in [5.41, 5.74) is 1.89. The third-order valence-electron chi connectivity index (χ3n) is 2.68. The zero-order chi connectivity index (χ0) is 14.9. The molecule has 0 spiro atoms. The summed E-state index contributed by atoms with van der Waals surface area (Å²) in [7, 11) is 0. The molecule has 2 heterocycles. The van der Waals surface area contributed by atoms with Crippen molar-refractivity contribution in [1.29, 1.82) is 0 Å². The number of aryl methyl sites for hydroxylation is 1. The number of hydrogen-bond acceptors (Lipinski definition) is 5. The fourth-order valence-corrected chi connectivity index (χ4v) is 2.93. The Morgan fingerprint density at radius 1 is 1.55 bits per heavy atom. The van der Waals surface area contributed by atoms with E-state index in [0.717, 1.165) is 10.4 Å². The van der Waals surface area contributed by atoms with Crippen molar-refractivity contribution in [3.63, 3.8) is 0 Å². The first-order valence-corrected chi connectivity index (χ1v) is 7.13. The maximum Gasteiger partial charge on any atom is 0.328 e. The maximum absolute atomic E-state index is 11.7. The molecule has 1 amide bonds. The average molecular weight is 359 g/mol. The molecule has 0 aliphatic rings. The molecular weight excluding hydrogens is 348 g/mol. The van der Waals surface area contributed by atoms with Gasteiger partial charge in [-0.3, -0.25) is 24.6 Å². The number of nitrogen functional groups attached to an aromatic ring is 1. The van der Waals surface area contributed by atoms with E-state index in [9.17, 15) is 14.4 Å². The van der Waals surface area contributed by atoms with Gasteiger partial charge in [0.2, 0.25) is 0 Å². The molecule has 2 aromatic rings. The van der Waals surface area contributed by atoms with Gasteiger partial charge >= 0.3 is 5.69 Å². The molecule has 2 aromatic heterocycles. The van der Waals surface area contributed by atoms with Crippen LogP contribution in [-0.2, 0) is 6.54 Å². The third kappa shape index (κ3) is 2.89. The molecule has 0 saturated heterocycles. The molecule has 4 N–H and O–H groups in total. The zero-order valence-corrected chi connectivity index (χ0v) is 12.8. The number of aromatic nitrogens is 2. The van der Waals surface area contributed by atoms with Crippen molar-refractivity contribution in [2.45, 2.75) is 13.5 Å². The minimum Gasteiger partial charge on any atom is -0.295 e. The number of hydrogen-bond donors (Lipinski definition) is 3. The monoisotopic (exact) mass is 358 g/mol. The van der Waals surface area contributed by atoms with Crippen LogP contribution >= 0.6 is 27.3 Å². The van der Waals surface area contributed by atoms with Gasteiger partial charge in [0.05, 0.1) is 15.9 Å². The summed E-state index contributed by atoms with van der Waals surface area (Å²) >= 11 is 4.36. The van der Waals surface area contributed by atoms with Crippen molar-refractivity contribution < 1.29 is 4.79 Å². The molecule has 7 nitrogen and oxygen atoms in total. The van der Waals surface area contributed by atoms with Gasteiger partial charge in [0.15, 0.2) is 0 Å². The Labute approximate surface area is 125 Å². The van der Waals surface area contributed by atoms with Crippen molar-refractivity contribution in [1.82, 2.24) is 15.0 Å². The Bertz CT molecular complexity index is 777. The molecule has 0 atom stereocenters. The molecule has 9 heteroatoms. The minimum absolute atomic E-state index is 0.258. The van der Waals surface area contributed by atoms with Gasteiger partial charge in [0.1, 0.15) is 0 Å². The van der Waals surface area contributed by atoms with Gasteiger partial charge in [-0.25, -0.2) is 10.6 Å². The van der Waals surface area contributed by atoms with Crippen LogP contribution in [0, 0.1) is 6.92 Å². The number of H-pyrrole nitrogens is 1. The number of nitrogens with two attached hydrogens (primary N) is 1. The van der Waals surface area contributed by atoms with Crippen LogP contribution in [0.4, 0.5) is 0 Å². The van der Waals surface area contributed by atoms with E-state index in [4.69, 9.17) is 5.84 Å². The molecule has 2 rings (SSSR count). The van der Waals surface area contributed by atoms with Crippen LogP contribution in [0.1, 0.15) is 20.1 Å². The van der Waals surface area contributed by atoms with E-state index >= 15 is 0 Å². The van der Waals surface area contributed by atoms with Crippen LogP contribution < -0.4 is 22.5 Å². The van der Waals surface area contributed by atoms with E-state index in [1.165, 1.54) is 22.1 Å². The number of nitrogens with one attached hydrogen (secondary N) is 2. The minimum atomic E-state index is -0.506. The van der Waals surface area contributed by atoms with Crippen LogP contribution in [0.2, 0.25) is 0 Å². The standard InChI is InChI=1S/C11H11BrN4O3S/c1-5-6(2-8(20-5)10(18)15-13)3-16-4-7(12)9(17)14-11(16)19/h2,4H,3,13H2,1H3,(H,15,18)(H,14,17,19). The highest BCUT2D eigenvalue weighted by molar-refractivity contribution is 9.10. The Kier molecular flexibility index (Phi) is 4.21. The van der Waals surface area contributed by atoms with Gasteiger partial charge in [0, 0.05) is 11.1 Å². The van der Waals surface area contributed by atoms with Crippen molar-refractivity contribution in [2.24, 2.45) is 5.84 Å². The van der Waals surface area contributed by atoms with Gasteiger partial charge in [-0.15, -0.1) is 11.3 Å². The lowest BCUT2D eigenvalue weighted by Crippen LogP contribution is -2.30. The molecule has 0 fully saturated rings. The molecule has 0 aliphatic heterocycles. The second-order valence-electron chi connectivity index (χ2n) is 4.03. The number of thiophene rings is 1. The lowest BCUT2D eigenvalue weighted by Gasteiger charge is -2.04. The Balaban J connectivity index is 2.38. The number of aromatic amines is 1. The van der Waals surface area contributed by atoms with E-state index in [2.05, 4.69) is 26.3 Å². The summed E-state index contributed by atoms with van der Waals surface area (Å²) in [6.07, 6.45) is 1.42. The van der Waals surface area contributed by atoms with Crippen LogP contribution in [0.25, 0.3) is 0 Å². The van der Waals surface area contributed by atoms with Gasteiger partial charge in [-0.2, -0.15) is 0 Å². The normalized spacial score (nSPS) is 10.6. The number of carbonyl (C=O) groups is 1. The van der Waals surface area contributed by atoms with Gasteiger partial charge in [-0.05, 0) is 34.5 Å². The lowest BCUT2D eigenvalue weighted by molar-refractivity contribution is 0.0957. The number of hydrazine groups is 1. The highest BCUT2D eigenvalue weighted by atomic mass is 79.9. The number of halogens is 1. The van der Waals surface area contributed by atoms with Crippen molar-refractivity contribution in [3.05, 3.63) is 52.9 Å². The van der Waals surface area contributed by atoms with E-state index in [1.807, 2.05) is 6.92 Å². The van der Waals surface area contributed by atoms with E-state index in [1.54, 1.807) is 6.07 Å². The predicted octanol–water partition coefficient (Wildman–Crippen LogP) is 0.321. The summed E-state index contributed by atoms with van der Waals surface area (Å²) < 4.78 is 1.62. The van der Waals surface area contributed by atoms with Crippen molar-refractivity contribution >= 4 is 33.2 Å². The van der Waals surface area contributed by atoms with E-state index in [-0.39, 0.29) is 16.9 Å². The van der Waals surface area contributed by atoms with Gasteiger partial charge in [-0.1, -0.05) is 0 Å².